The van der Waals surface area contributed by atoms with Crippen LogP contribution in [-0.2, 0) is 0 Å². The van der Waals surface area contributed by atoms with Gasteiger partial charge < -0.3 is 15.7 Å². The molecule has 3 aromatic rings. The highest BCUT2D eigenvalue weighted by Gasteiger charge is 2.17. The molecule has 5 nitrogen and oxygen atoms in total. The Morgan fingerprint density at radius 1 is 1.16 bits per heavy atom. The Hall–Kier alpha value is -2.37. The maximum absolute atomic E-state index is 10.2. The molecule has 1 aliphatic rings. The summed E-state index contributed by atoms with van der Waals surface area (Å²) in [5, 5.41) is 18.7. The molecule has 0 saturated carbocycles. The minimum atomic E-state index is 0.116. The van der Waals surface area contributed by atoms with E-state index in [2.05, 4.69) is 15.6 Å². The third-order valence-corrected chi connectivity index (χ3v) is 4.68. The van der Waals surface area contributed by atoms with Gasteiger partial charge in [-0.15, -0.1) is 0 Å². The van der Waals surface area contributed by atoms with Gasteiger partial charge in [-0.3, -0.25) is 0 Å². The minimum Gasteiger partial charge on any atom is -0.507 e. The van der Waals surface area contributed by atoms with E-state index in [1.807, 2.05) is 24.3 Å². The number of rotatable bonds is 3. The van der Waals surface area contributed by atoms with E-state index in [0.717, 1.165) is 42.7 Å². The number of hydrogen-bond donors (Lipinski definition) is 3. The van der Waals surface area contributed by atoms with Gasteiger partial charge in [0.1, 0.15) is 11.6 Å². The first kappa shape index (κ1) is 16.1. The van der Waals surface area contributed by atoms with Crippen LogP contribution in [0.3, 0.4) is 0 Å². The molecular weight excluding hydrogens is 336 g/mol. The summed E-state index contributed by atoms with van der Waals surface area (Å²) in [6.45, 7) is 1.97. The molecule has 1 unspecified atom stereocenters. The van der Waals surface area contributed by atoms with Gasteiger partial charge in [-0.25, -0.2) is 9.97 Å². The van der Waals surface area contributed by atoms with Crippen molar-refractivity contribution in [1.82, 2.24) is 15.3 Å². The Kier molecular flexibility index (Phi) is 4.42. The number of anilines is 1. The van der Waals surface area contributed by atoms with Crippen LogP contribution in [0.15, 0.2) is 42.5 Å². The van der Waals surface area contributed by atoms with Gasteiger partial charge in [0.15, 0.2) is 5.82 Å². The van der Waals surface area contributed by atoms with Crippen molar-refractivity contribution in [3.05, 3.63) is 47.5 Å². The molecule has 2 heterocycles. The number of piperidine rings is 1. The average Bonchev–Trinajstić information content (AvgIpc) is 2.64. The van der Waals surface area contributed by atoms with Gasteiger partial charge in [0.2, 0.25) is 0 Å². The maximum atomic E-state index is 10.2. The summed E-state index contributed by atoms with van der Waals surface area (Å²) < 4.78 is 0. The molecule has 3 N–H and O–H groups in total. The van der Waals surface area contributed by atoms with Gasteiger partial charge in [-0.2, -0.15) is 0 Å². The van der Waals surface area contributed by atoms with Crippen molar-refractivity contribution in [2.45, 2.75) is 18.9 Å². The predicted octanol–water partition coefficient (Wildman–Crippen LogP) is 3.82. The number of para-hydroxylation sites is 1. The molecule has 0 aliphatic carbocycles. The van der Waals surface area contributed by atoms with Gasteiger partial charge in [0.25, 0.3) is 0 Å². The molecule has 1 atom stereocenters. The number of nitrogens with zero attached hydrogens (tertiary/aromatic N) is 2. The van der Waals surface area contributed by atoms with Crippen LogP contribution < -0.4 is 10.6 Å². The van der Waals surface area contributed by atoms with E-state index in [1.54, 1.807) is 18.2 Å². The highest BCUT2D eigenvalue weighted by molar-refractivity contribution is 6.30. The Morgan fingerprint density at radius 3 is 2.88 bits per heavy atom. The molecule has 0 amide bonds. The number of fused-ring (bicyclic) bond motifs is 1. The summed E-state index contributed by atoms with van der Waals surface area (Å²) >= 11 is 6.09. The molecule has 1 aromatic heterocycles. The van der Waals surface area contributed by atoms with Gasteiger partial charge in [0.05, 0.1) is 11.1 Å². The molecule has 1 aliphatic heterocycles. The fourth-order valence-electron chi connectivity index (χ4n) is 3.16. The van der Waals surface area contributed by atoms with Gasteiger partial charge >= 0.3 is 0 Å². The van der Waals surface area contributed by atoms with E-state index in [9.17, 15) is 5.11 Å². The van der Waals surface area contributed by atoms with Crippen LogP contribution in [0.4, 0.5) is 5.82 Å². The van der Waals surface area contributed by atoms with Crippen LogP contribution in [0.1, 0.15) is 12.8 Å². The Bertz CT molecular complexity index is 909. The average molecular weight is 355 g/mol. The second kappa shape index (κ2) is 6.86. The van der Waals surface area contributed by atoms with E-state index >= 15 is 0 Å². The smallest absolute Gasteiger partial charge is 0.165 e. The van der Waals surface area contributed by atoms with Crippen molar-refractivity contribution in [3.8, 4) is 17.1 Å². The topological polar surface area (TPSA) is 70.1 Å². The SMILES string of the molecule is Oc1ccc(Cl)cc1-c1nc(NC2CCCNC2)c2ccccc2n1. The zero-order valence-corrected chi connectivity index (χ0v) is 14.4. The van der Waals surface area contributed by atoms with E-state index in [0.29, 0.717) is 22.5 Å². The zero-order valence-electron chi connectivity index (χ0n) is 13.7. The van der Waals surface area contributed by atoms with Crippen molar-refractivity contribution < 1.29 is 5.11 Å². The van der Waals surface area contributed by atoms with E-state index in [-0.39, 0.29) is 5.75 Å². The van der Waals surface area contributed by atoms with Crippen LogP contribution in [0, 0.1) is 0 Å². The maximum Gasteiger partial charge on any atom is 0.165 e. The Labute approximate surface area is 151 Å². The second-order valence-electron chi connectivity index (χ2n) is 6.26. The molecule has 25 heavy (non-hydrogen) atoms. The standard InChI is InChI=1S/C19H19ClN4O/c20-12-7-8-17(25)15(10-12)19-23-16-6-2-1-5-14(16)18(24-19)22-13-4-3-9-21-11-13/h1-2,5-8,10,13,21,25H,3-4,9,11H2,(H,22,23,24). The first-order chi connectivity index (χ1) is 12.2. The van der Waals surface area contributed by atoms with Gasteiger partial charge in [0, 0.05) is 23.0 Å². The van der Waals surface area contributed by atoms with Gasteiger partial charge in [-0.05, 0) is 49.7 Å². The number of phenols is 1. The summed E-state index contributed by atoms with van der Waals surface area (Å²) in [6, 6.07) is 13.1. The minimum absolute atomic E-state index is 0.116. The lowest BCUT2D eigenvalue weighted by Crippen LogP contribution is -2.38. The molecule has 1 saturated heterocycles. The largest absolute Gasteiger partial charge is 0.507 e. The number of hydrogen-bond acceptors (Lipinski definition) is 5. The number of phenolic OH excluding ortho intramolecular Hbond substituents is 1. The molecule has 0 bridgehead atoms. The fraction of sp³-hybridized carbons (Fsp3) is 0.263. The molecule has 6 heteroatoms. The number of benzene rings is 2. The molecular formula is C19H19ClN4O. The summed E-state index contributed by atoms with van der Waals surface area (Å²) in [5.41, 5.74) is 1.36. The van der Waals surface area contributed by atoms with E-state index in [4.69, 9.17) is 16.6 Å². The quantitative estimate of drug-likeness (QED) is 0.667. The van der Waals surface area contributed by atoms with Crippen LogP contribution in [0.25, 0.3) is 22.3 Å². The van der Waals surface area contributed by atoms with Crippen molar-refractivity contribution in [2.24, 2.45) is 0 Å². The lowest BCUT2D eigenvalue weighted by atomic mass is 10.1. The van der Waals surface area contributed by atoms with Crippen LogP contribution >= 0.6 is 11.6 Å². The van der Waals surface area contributed by atoms with E-state index in [1.165, 1.54) is 0 Å². The van der Waals surface area contributed by atoms with Crippen LogP contribution in [0.5, 0.6) is 5.75 Å². The summed E-state index contributed by atoms with van der Waals surface area (Å²) in [7, 11) is 0. The van der Waals surface area contributed by atoms with Crippen LogP contribution in [0.2, 0.25) is 5.02 Å². The normalized spacial score (nSPS) is 17.6. The first-order valence-corrected chi connectivity index (χ1v) is 8.81. The third kappa shape index (κ3) is 3.38. The van der Waals surface area contributed by atoms with Gasteiger partial charge in [-0.1, -0.05) is 23.7 Å². The molecule has 0 radical (unpaired) electrons. The van der Waals surface area contributed by atoms with E-state index < -0.39 is 0 Å². The highest BCUT2D eigenvalue weighted by atomic mass is 35.5. The number of nitrogens with one attached hydrogen (secondary N) is 2. The monoisotopic (exact) mass is 354 g/mol. The summed E-state index contributed by atoms with van der Waals surface area (Å²) in [5.74, 6) is 1.36. The highest BCUT2D eigenvalue weighted by Crippen LogP contribution is 2.32. The van der Waals surface area contributed by atoms with Crippen molar-refractivity contribution >= 4 is 28.3 Å². The zero-order chi connectivity index (χ0) is 17.2. The molecule has 2 aromatic carbocycles. The Morgan fingerprint density at radius 2 is 2.04 bits per heavy atom. The predicted molar refractivity (Wildman–Crippen MR) is 101 cm³/mol. The lowest BCUT2D eigenvalue weighted by Gasteiger charge is -2.25. The van der Waals surface area contributed by atoms with Crippen LogP contribution in [-0.4, -0.2) is 34.2 Å². The van der Waals surface area contributed by atoms with Crippen molar-refractivity contribution in [2.75, 3.05) is 18.4 Å². The summed E-state index contributed by atoms with van der Waals surface area (Å²) in [6.07, 6.45) is 2.24. The second-order valence-corrected chi connectivity index (χ2v) is 6.70. The lowest BCUT2D eigenvalue weighted by molar-refractivity contribution is 0.476. The van der Waals surface area contributed by atoms with Crippen molar-refractivity contribution in [1.29, 1.82) is 0 Å². The first-order valence-electron chi connectivity index (χ1n) is 8.43. The molecule has 0 spiro atoms. The molecule has 4 rings (SSSR count). The number of aromatic nitrogens is 2. The molecule has 1 fully saturated rings. The molecule has 128 valence electrons. The Balaban J connectivity index is 1.81. The van der Waals surface area contributed by atoms with Crippen molar-refractivity contribution in [3.63, 3.8) is 0 Å². The summed E-state index contributed by atoms with van der Waals surface area (Å²) in [4.78, 5) is 9.31. The number of aromatic hydroxyl groups is 1. The fourth-order valence-corrected chi connectivity index (χ4v) is 3.33. The number of halogens is 1. The third-order valence-electron chi connectivity index (χ3n) is 4.44.